The zero-order valence-corrected chi connectivity index (χ0v) is 11.0. The van der Waals surface area contributed by atoms with Crippen LogP contribution in [0.5, 0.6) is 0 Å². The second kappa shape index (κ2) is 4.63. The SMILES string of the molecule is Cc1ccc2nc(NC(=O)CS(=O)(=O)O)sc2c1. The molecule has 0 aliphatic rings. The summed E-state index contributed by atoms with van der Waals surface area (Å²) in [5.41, 5.74) is 1.80. The molecular weight excluding hydrogens is 276 g/mol. The van der Waals surface area contributed by atoms with E-state index >= 15 is 0 Å². The van der Waals surface area contributed by atoms with Gasteiger partial charge in [-0.1, -0.05) is 17.4 Å². The molecule has 0 atom stereocenters. The van der Waals surface area contributed by atoms with Gasteiger partial charge in [0.25, 0.3) is 10.1 Å². The summed E-state index contributed by atoms with van der Waals surface area (Å²) in [7, 11) is -4.32. The zero-order chi connectivity index (χ0) is 13.3. The Labute approximate surface area is 107 Å². The number of nitrogens with one attached hydrogen (secondary N) is 1. The van der Waals surface area contributed by atoms with Gasteiger partial charge in [0, 0.05) is 0 Å². The number of hydrogen-bond donors (Lipinski definition) is 2. The number of aromatic nitrogens is 1. The highest BCUT2D eigenvalue weighted by Gasteiger charge is 2.14. The molecule has 0 unspecified atom stereocenters. The first-order chi connectivity index (χ1) is 8.33. The average Bonchev–Trinajstić information content (AvgIpc) is 2.55. The summed E-state index contributed by atoms with van der Waals surface area (Å²) in [6.45, 7) is 1.94. The van der Waals surface area contributed by atoms with Gasteiger partial charge in [-0.15, -0.1) is 0 Å². The minimum atomic E-state index is -4.32. The number of thiazole rings is 1. The van der Waals surface area contributed by atoms with Crippen molar-refractivity contribution in [1.29, 1.82) is 0 Å². The van der Waals surface area contributed by atoms with Gasteiger partial charge in [-0.25, -0.2) is 4.98 Å². The highest BCUT2D eigenvalue weighted by molar-refractivity contribution is 7.86. The van der Waals surface area contributed by atoms with E-state index in [0.29, 0.717) is 5.13 Å². The number of hydrogen-bond acceptors (Lipinski definition) is 5. The van der Waals surface area contributed by atoms with Crippen molar-refractivity contribution in [2.75, 3.05) is 11.1 Å². The average molecular weight is 286 g/mol. The monoisotopic (exact) mass is 286 g/mol. The molecule has 6 nitrogen and oxygen atoms in total. The van der Waals surface area contributed by atoms with Crippen LogP contribution in [0, 0.1) is 6.92 Å². The second-order valence-corrected chi connectivity index (χ2v) is 6.25. The number of nitrogens with zero attached hydrogens (tertiary/aromatic N) is 1. The van der Waals surface area contributed by atoms with Crippen molar-refractivity contribution in [3.05, 3.63) is 23.8 Å². The Hall–Kier alpha value is -1.51. The Morgan fingerprint density at radius 1 is 1.50 bits per heavy atom. The third-order valence-corrected chi connectivity index (χ3v) is 3.66. The van der Waals surface area contributed by atoms with Crippen molar-refractivity contribution < 1.29 is 17.8 Å². The van der Waals surface area contributed by atoms with E-state index in [2.05, 4.69) is 10.3 Å². The summed E-state index contributed by atoms with van der Waals surface area (Å²) in [5.74, 6) is -1.78. The highest BCUT2D eigenvalue weighted by atomic mass is 32.2. The fraction of sp³-hybridized carbons (Fsp3) is 0.200. The maximum atomic E-state index is 11.3. The van der Waals surface area contributed by atoms with Crippen molar-refractivity contribution in [3.8, 4) is 0 Å². The van der Waals surface area contributed by atoms with Crippen LogP contribution in [0.1, 0.15) is 5.56 Å². The molecule has 0 aliphatic carbocycles. The molecular formula is C10H10N2O4S2. The van der Waals surface area contributed by atoms with Gasteiger partial charge in [-0.3, -0.25) is 9.35 Å². The molecule has 0 saturated heterocycles. The van der Waals surface area contributed by atoms with E-state index in [-0.39, 0.29) is 0 Å². The lowest BCUT2D eigenvalue weighted by molar-refractivity contribution is -0.113. The Morgan fingerprint density at radius 2 is 2.22 bits per heavy atom. The van der Waals surface area contributed by atoms with Crippen LogP contribution in [0.25, 0.3) is 10.2 Å². The van der Waals surface area contributed by atoms with Crippen LogP contribution < -0.4 is 5.32 Å². The van der Waals surface area contributed by atoms with Gasteiger partial charge in [-0.05, 0) is 24.6 Å². The lowest BCUT2D eigenvalue weighted by Gasteiger charge is -1.97. The standard InChI is InChI=1S/C10H10N2O4S2/c1-6-2-3-7-8(4-6)17-10(11-7)12-9(13)5-18(14,15)16/h2-4H,5H2,1H3,(H,11,12,13)(H,14,15,16). The van der Waals surface area contributed by atoms with Crippen LogP contribution >= 0.6 is 11.3 Å². The van der Waals surface area contributed by atoms with Crippen LogP contribution in [0.2, 0.25) is 0 Å². The normalized spacial score (nSPS) is 11.7. The van der Waals surface area contributed by atoms with Crippen LogP contribution in [0.3, 0.4) is 0 Å². The summed E-state index contributed by atoms with van der Waals surface area (Å²) in [6, 6.07) is 5.64. The molecule has 2 rings (SSSR count). The van der Waals surface area contributed by atoms with Crippen LogP contribution in [-0.4, -0.2) is 29.6 Å². The third-order valence-electron chi connectivity index (χ3n) is 2.10. The molecule has 2 N–H and O–H groups in total. The van der Waals surface area contributed by atoms with Gasteiger partial charge in [0.1, 0.15) is 0 Å². The number of benzene rings is 1. The summed E-state index contributed by atoms with van der Waals surface area (Å²) in [6.07, 6.45) is 0. The Bertz CT molecular complexity index is 706. The molecule has 18 heavy (non-hydrogen) atoms. The Morgan fingerprint density at radius 3 is 2.89 bits per heavy atom. The van der Waals surface area contributed by atoms with Gasteiger partial charge in [0.2, 0.25) is 5.91 Å². The third kappa shape index (κ3) is 3.25. The molecule has 0 fully saturated rings. The minimum absolute atomic E-state index is 0.309. The number of rotatable bonds is 3. The zero-order valence-electron chi connectivity index (χ0n) is 9.37. The van der Waals surface area contributed by atoms with Crippen molar-refractivity contribution in [3.63, 3.8) is 0 Å². The van der Waals surface area contributed by atoms with E-state index in [1.54, 1.807) is 0 Å². The van der Waals surface area contributed by atoms with Gasteiger partial charge >= 0.3 is 0 Å². The topological polar surface area (TPSA) is 96.4 Å². The molecule has 0 bridgehead atoms. The summed E-state index contributed by atoms with van der Waals surface area (Å²) in [4.78, 5) is 15.4. The van der Waals surface area contributed by atoms with Crippen molar-refractivity contribution >= 4 is 42.7 Å². The van der Waals surface area contributed by atoms with Crippen molar-refractivity contribution in [2.45, 2.75) is 6.92 Å². The van der Waals surface area contributed by atoms with E-state index < -0.39 is 21.8 Å². The van der Waals surface area contributed by atoms with E-state index in [1.165, 1.54) is 11.3 Å². The van der Waals surface area contributed by atoms with Gasteiger partial charge in [0.05, 0.1) is 10.2 Å². The van der Waals surface area contributed by atoms with E-state index in [9.17, 15) is 13.2 Å². The maximum Gasteiger partial charge on any atom is 0.274 e. The second-order valence-electron chi connectivity index (χ2n) is 3.76. The molecule has 0 aliphatic heterocycles. The predicted molar refractivity (Wildman–Crippen MR) is 69.4 cm³/mol. The lowest BCUT2D eigenvalue weighted by Crippen LogP contribution is -2.22. The van der Waals surface area contributed by atoms with Gasteiger partial charge in [0.15, 0.2) is 10.9 Å². The molecule has 2 aromatic rings. The lowest BCUT2D eigenvalue weighted by atomic mass is 10.2. The van der Waals surface area contributed by atoms with E-state index in [1.807, 2.05) is 25.1 Å². The number of aryl methyl sites for hydroxylation is 1. The van der Waals surface area contributed by atoms with Crippen molar-refractivity contribution in [2.24, 2.45) is 0 Å². The number of carbonyl (C=O) groups is 1. The van der Waals surface area contributed by atoms with Crippen molar-refractivity contribution in [1.82, 2.24) is 4.98 Å². The molecule has 1 amide bonds. The molecule has 0 spiro atoms. The maximum absolute atomic E-state index is 11.3. The van der Waals surface area contributed by atoms with Gasteiger partial charge < -0.3 is 5.32 Å². The summed E-state index contributed by atoms with van der Waals surface area (Å²) >= 11 is 1.25. The number of carbonyl (C=O) groups excluding carboxylic acids is 1. The quantitative estimate of drug-likeness (QED) is 0.832. The fourth-order valence-corrected chi connectivity index (χ4v) is 2.79. The predicted octanol–water partition coefficient (Wildman–Crippen LogP) is 1.43. The first-order valence-corrected chi connectivity index (χ1v) is 7.38. The molecule has 1 heterocycles. The molecule has 96 valence electrons. The smallest absolute Gasteiger partial charge is 0.274 e. The van der Waals surface area contributed by atoms with Crippen LogP contribution in [-0.2, 0) is 14.9 Å². The Kier molecular flexibility index (Phi) is 3.33. The molecule has 0 radical (unpaired) electrons. The largest absolute Gasteiger partial charge is 0.301 e. The van der Waals surface area contributed by atoms with Crippen LogP contribution in [0.4, 0.5) is 5.13 Å². The fourth-order valence-electron chi connectivity index (χ4n) is 1.41. The highest BCUT2D eigenvalue weighted by Crippen LogP contribution is 2.26. The van der Waals surface area contributed by atoms with E-state index in [0.717, 1.165) is 15.8 Å². The molecule has 8 heteroatoms. The first kappa shape index (κ1) is 12.9. The van der Waals surface area contributed by atoms with Crippen LogP contribution in [0.15, 0.2) is 18.2 Å². The summed E-state index contributed by atoms with van der Waals surface area (Å²) < 4.78 is 30.5. The molecule has 0 saturated carbocycles. The molecule has 1 aromatic heterocycles. The number of anilines is 1. The summed E-state index contributed by atoms with van der Waals surface area (Å²) in [5, 5.41) is 2.65. The number of amides is 1. The van der Waals surface area contributed by atoms with Gasteiger partial charge in [-0.2, -0.15) is 8.42 Å². The van der Waals surface area contributed by atoms with E-state index in [4.69, 9.17) is 4.55 Å². The Balaban J connectivity index is 2.20. The number of fused-ring (bicyclic) bond motifs is 1. The first-order valence-electron chi connectivity index (χ1n) is 4.96. The molecule has 1 aromatic carbocycles. The minimum Gasteiger partial charge on any atom is -0.301 e.